The van der Waals surface area contributed by atoms with Crippen LogP contribution in [0.5, 0.6) is 0 Å². The summed E-state index contributed by atoms with van der Waals surface area (Å²) in [6, 6.07) is 10.4. The van der Waals surface area contributed by atoms with Crippen LogP contribution in [0.1, 0.15) is 31.2 Å². The van der Waals surface area contributed by atoms with Gasteiger partial charge in [0.1, 0.15) is 0 Å². The Morgan fingerprint density at radius 1 is 1.22 bits per heavy atom. The number of aliphatic imine (C=N–C) groups is 1. The number of benzene rings is 1. The van der Waals surface area contributed by atoms with Crippen LogP contribution in [-0.4, -0.2) is 23.2 Å². The Hall–Kier alpha value is -1.55. The molecule has 4 N–H and O–H groups in total. The van der Waals surface area contributed by atoms with E-state index in [0.717, 1.165) is 31.2 Å². The standard InChI is InChI=1S/C14H21N3O/c15-14(16-10-11-4-2-1-3-5-11)17-12-6-8-13(18)9-7-12/h1-5,12-13,18H,6-10H2,(H3,15,16,17). The molecular formula is C14H21N3O. The number of nitrogens with one attached hydrogen (secondary N) is 1. The molecule has 4 nitrogen and oxygen atoms in total. The maximum atomic E-state index is 9.42. The molecule has 4 heteroatoms. The molecule has 0 radical (unpaired) electrons. The second-order valence-corrected chi connectivity index (χ2v) is 4.84. The number of aliphatic hydroxyl groups excluding tert-OH is 1. The van der Waals surface area contributed by atoms with E-state index in [1.807, 2.05) is 30.3 Å². The van der Waals surface area contributed by atoms with E-state index in [4.69, 9.17) is 5.73 Å². The highest BCUT2D eigenvalue weighted by Crippen LogP contribution is 2.17. The summed E-state index contributed by atoms with van der Waals surface area (Å²) in [4.78, 5) is 4.33. The molecule has 1 aromatic carbocycles. The lowest BCUT2D eigenvalue weighted by atomic mass is 9.93. The molecule has 0 unspecified atom stereocenters. The van der Waals surface area contributed by atoms with Gasteiger partial charge < -0.3 is 16.2 Å². The lowest BCUT2D eigenvalue weighted by Gasteiger charge is -2.26. The van der Waals surface area contributed by atoms with Crippen molar-refractivity contribution in [3.8, 4) is 0 Å². The highest BCUT2D eigenvalue weighted by atomic mass is 16.3. The van der Waals surface area contributed by atoms with Crippen molar-refractivity contribution in [3.05, 3.63) is 35.9 Å². The largest absolute Gasteiger partial charge is 0.393 e. The Kier molecular flexibility index (Phi) is 4.59. The van der Waals surface area contributed by atoms with Crippen LogP contribution in [0.3, 0.4) is 0 Å². The van der Waals surface area contributed by atoms with Gasteiger partial charge in [0.25, 0.3) is 0 Å². The van der Waals surface area contributed by atoms with Crippen LogP contribution in [0.2, 0.25) is 0 Å². The Labute approximate surface area is 108 Å². The molecule has 0 amide bonds. The summed E-state index contributed by atoms with van der Waals surface area (Å²) < 4.78 is 0. The Morgan fingerprint density at radius 2 is 1.89 bits per heavy atom. The van der Waals surface area contributed by atoms with E-state index in [1.54, 1.807) is 0 Å². The van der Waals surface area contributed by atoms with E-state index in [9.17, 15) is 5.11 Å². The smallest absolute Gasteiger partial charge is 0.189 e. The molecule has 1 aromatic rings. The number of hydrogen-bond donors (Lipinski definition) is 3. The average Bonchev–Trinajstić information content (AvgIpc) is 2.40. The van der Waals surface area contributed by atoms with Gasteiger partial charge in [-0.1, -0.05) is 30.3 Å². The van der Waals surface area contributed by atoms with Gasteiger partial charge in [0.2, 0.25) is 0 Å². The average molecular weight is 247 g/mol. The molecule has 0 aliphatic heterocycles. The number of nitrogens with two attached hydrogens (primary N) is 1. The van der Waals surface area contributed by atoms with Crippen molar-refractivity contribution in [1.29, 1.82) is 0 Å². The van der Waals surface area contributed by atoms with Gasteiger partial charge in [-0.05, 0) is 31.2 Å². The van der Waals surface area contributed by atoms with Gasteiger partial charge in [0, 0.05) is 6.04 Å². The summed E-state index contributed by atoms with van der Waals surface area (Å²) in [5, 5.41) is 12.7. The predicted molar refractivity (Wildman–Crippen MR) is 73.2 cm³/mol. The first-order chi connectivity index (χ1) is 8.74. The summed E-state index contributed by atoms with van der Waals surface area (Å²) in [7, 11) is 0. The molecule has 2 rings (SSSR count). The molecule has 0 heterocycles. The van der Waals surface area contributed by atoms with Gasteiger partial charge in [-0.2, -0.15) is 0 Å². The highest BCUT2D eigenvalue weighted by Gasteiger charge is 2.19. The summed E-state index contributed by atoms with van der Waals surface area (Å²) >= 11 is 0. The monoisotopic (exact) mass is 247 g/mol. The summed E-state index contributed by atoms with van der Waals surface area (Å²) in [6.07, 6.45) is 3.49. The SMILES string of the molecule is NC(=NCc1ccccc1)NC1CCC(O)CC1. The zero-order valence-corrected chi connectivity index (χ0v) is 10.5. The first-order valence-corrected chi connectivity index (χ1v) is 6.52. The number of rotatable bonds is 3. The van der Waals surface area contributed by atoms with Gasteiger partial charge in [-0.25, -0.2) is 4.99 Å². The third-order valence-electron chi connectivity index (χ3n) is 3.32. The number of hydrogen-bond acceptors (Lipinski definition) is 2. The predicted octanol–water partition coefficient (Wildman–Crippen LogP) is 1.39. The molecular weight excluding hydrogens is 226 g/mol. The van der Waals surface area contributed by atoms with Crippen LogP contribution >= 0.6 is 0 Å². The molecule has 0 saturated heterocycles. The van der Waals surface area contributed by atoms with Gasteiger partial charge >= 0.3 is 0 Å². The molecule has 0 bridgehead atoms. The summed E-state index contributed by atoms with van der Waals surface area (Å²) in [5.74, 6) is 0.500. The molecule has 0 atom stereocenters. The minimum absolute atomic E-state index is 0.134. The first kappa shape index (κ1) is 12.9. The van der Waals surface area contributed by atoms with Crippen LogP contribution in [0.25, 0.3) is 0 Å². The molecule has 0 spiro atoms. The summed E-state index contributed by atoms with van der Waals surface area (Å²) in [5.41, 5.74) is 7.02. The second kappa shape index (κ2) is 6.40. The van der Waals surface area contributed by atoms with Crippen LogP contribution < -0.4 is 11.1 Å². The molecule has 1 saturated carbocycles. The van der Waals surface area contributed by atoms with Crippen LogP contribution in [0.15, 0.2) is 35.3 Å². The molecule has 1 aliphatic rings. The number of guanidine groups is 1. The lowest BCUT2D eigenvalue weighted by molar-refractivity contribution is 0.120. The van der Waals surface area contributed by atoms with E-state index in [1.165, 1.54) is 0 Å². The first-order valence-electron chi connectivity index (χ1n) is 6.52. The fourth-order valence-corrected chi connectivity index (χ4v) is 2.23. The fraction of sp³-hybridized carbons (Fsp3) is 0.500. The van der Waals surface area contributed by atoms with E-state index in [0.29, 0.717) is 18.5 Å². The molecule has 0 aromatic heterocycles. The second-order valence-electron chi connectivity index (χ2n) is 4.84. The third kappa shape index (κ3) is 4.04. The van der Waals surface area contributed by atoms with Gasteiger partial charge in [0.15, 0.2) is 5.96 Å². The molecule has 98 valence electrons. The normalized spacial score (nSPS) is 24.8. The van der Waals surface area contributed by atoms with Crippen LogP contribution in [0.4, 0.5) is 0 Å². The fourth-order valence-electron chi connectivity index (χ4n) is 2.23. The van der Waals surface area contributed by atoms with Crippen LogP contribution in [0, 0.1) is 0 Å². The quantitative estimate of drug-likeness (QED) is 0.558. The lowest BCUT2D eigenvalue weighted by Crippen LogP contribution is -2.42. The third-order valence-corrected chi connectivity index (χ3v) is 3.32. The van der Waals surface area contributed by atoms with Crippen molar-refractivity contribution < 1.29 is 5.11 Å². The maximum Gasteiger partial charge on any atom is 0.189 e. The van der Waals surface area contributed by atoms with Crippen molar-refractivity contribution >= 4 is 5.96 Å². The Morgan fingerprint density at radius 3 is 2.56 bits per heavy atom. The number of aliphatic hydroxyl groups is 1. The zero-order chi connectivity index (χ0) is 12.8. The molecule has 1 aliphatic carbocycles. The van der Waals surface area contributed by atoms with Gasteiger partial charge in [0.05, 0.1) is 12.6 Å². The molecule has 1 fully saturated rings. The van der Waals surface area contributed by atoms with Crippen molar-refractivity contribution in [1.82, 2.24) is 5.32 Å². The van der Waals surface area contributed by atoms with E-state index < -0.39 is 0 Å². The minimum Gasteiger partial charge on any atom is -0.393 e. The van der Waals surface area contributed by atoms with Gasteiger partial charge in [-0.15, -0.1) is 0 Å². The summed E-state index contributed by atoms with van der Waals surface area (Å²) in [6.45, 7) is 0.606. The van der Waals surface area contributed by atoms with Crippen molar-refractivity contribution in [2.45, 2.75) is 44.4 Å². The van der Waals surface area contributed by atoms with E-state index >= 15 is 0 Å². The van der Waals surface area contributed by atoms with Crippen molar-refractivity contribution in [2.24, 2.45) is 10.7 Å². The highest BCUT2D eigenvalue weighted by molar-refractivity contribution is 5.78. The van der Waals surface area contributed by atoms with Crippen LogP contribution in [-0.2, 0) is 6.54 Å². The van der Waals surface area contributed by atoms with E-state index in [2.05, 4.69) is 10.3 Å². The number of nitrogens with zero attached hydrogens (tertiary/aromatic N) is 1. The minimum atomic E-state index is -0.134. The van der Waals surface area contributed by atoms with Crippen molar-refractivity contribution in [2.75, 3.05) is 0 Å². The zero-order valence-electron chi connectivity index (χ0n) is 10.5. The topological polar surface area (TPSA) is 70.6 Å². The van der Waals surface area contributed by atoms with Gasteiger partial charge in [-0.3, -0.25) is 0 Å². The Bertz CT molecular complexity index is 383. The van der Waals surface area contributed by atoms with E-state index in [-0.39, 0.29) is 6.10 Å². The maximum absolute atomic E-state index is 9.42. The Balaban J connectivity index is 1.79. The molecule has 18 heavy (non-hydrogen) atoms. The van der Waals surface area contributed by atoms with Crippen molar-refractivity contribution in [3.63, 3.8) is 0 Å².